The van der Waals surface area contributed by atoms with Crippen LogP contribution in [0.25, 0.3) is 0 Å². The first-order valence-electron chi connectivity index (χ1n) is 10.9. The number of anilines is 1. The number of hydrogen-bond donors (Lipinski definition) is 1. The van der Waals surface area contributed by atoms with Gasteiger partial charge in [-0.05, 0) is 37.5 Å². The molecular weight excluding hydrogens is 468 g/mol. The smallest absolute Gasteiger partial charge is 0.256 e. The summed E-state index contributed by atoms with van der Waals surface area (Å²) in [4.78, 5) is 13.2. The number of carbonyl (C=O) groups is 1. The van der Waals surface area contributed by atoms with Gasteiger partial charge in [-0.1, -0.05) is 13.0 Å². The van der Waals surface area contributed by atoms with Gasteiger partial charge < -0.3 is 10.1 Å². The van der Waals surface area contributed by atoms with Gasteiger partial charge in [-0.3, -0.25) is 4.79 Å². The Morgan fingerprint density at radius 3 is 2.61 bits per heavy atom. The molecule has 1 aromatic carbocycles. The molecule has 2 aliphatic heterocycles. The number of rotatable bonds is 6. The summed E-state index contributed by atoms with van der Waals surface area (Å²) < 4.78 is 58.5. The number of aromatic nitrogens is 2. The molecule has 2 saturated heterocycles. The second kappa shape index (κ2) is 9.16. The van der Waals surface area contributed by atoms with Gasteiger partial charge in [0.25, 0.3) is 5.91 Å². The normalized spacial score (nSPS) is 21.2. The van der Waals surface area contributed by atoms with E-state index in [0.29, 0.717) is 43.1 Å². The number of aryl methyl sites for hydroxylation is 2. The van der Waals surface area contributed by atoms with Crippen LogP contribution in [0.2, 0.25) is 0 Å². The van der Waals surface area contributed by atoms with Crippen LogP contribution >= 0.6 is 0 Å². The second-order valence-corrected chi connectivity index (χ2v) is 12.5. The summed E-state index contributed by atoms with van der Waals surface area (Å²) in [6, 6.07) is 5.99. The van der Waals surface area contributed by atoms with Gasteiger partial charge in [-0.15, -0.1) is 0 Å². The summed E-state index contributed by atoms with van der Waals surface area (Å²) in [7, 11) is -6.90. The molecule has 1 unspecified atom stereocenters. The molecule has 2 aromatic rings. The predicted molar refractivity (Wildman–Crippen MR) is 123 cm³/mol. The van der Waals surface area contributed by atoms with Crippen LogP contribution in [0.15, 0.2) is 29.2 Å². The maximum absolute atomic E-state index is 13.3. The standard InChI is InChI=1S/C21H28N4O6S2/c1-3-16-4-5-17(13-19(16)33(29,30)24-7-9-31-10-8-24)21(26)22-20-12-15(2)23-25(20)18-6-11-32(27,28)14-18/h4-5,12-13,18H,3,6-11,14H2,1-2H3,(H,22,26). The van der Waals surface area contributed by atoms with Crippen molar-refractivity contribution < 1.29 is 26.4 Å². The van der Waals surface area contributed by atoms with Crippen molar-refractivity contribution in [3.8, 4) is 0 Å². The summed E-state index contributed by atoms with van der Waals surface area (Å²) in [6.07, 6.45) is 0.933. The third kappa shape index (κ3) is 4.98. The lowest BCUT2D eigenvalue weighted by molar-refractivity contribution is 0.0730. The molecule has 0 aliphatic carbocycles. The van der Waals surface area contributed by atoms with E-state index in [1.54, 1.807) is 29.8 Å². The highest BCUT2D eigenvalue weighted by molar-refractivity contribution is 7.91. The molecule has 10 nitrogen and oxygen atoms in total. The van der Waals surface area contributed by atoms with Crippen molar-refractivity contribution in [1.29, 1.82) is 0 Å². The molecule has 1 N–H and O–H groups in total. The summed E-state index contributed by atoms with van der Waals surface area (Å²) in [5.41, 5.74) is 1.48. The van der Waals surface area contributed by atoms with E-state index in [2.05, 4.69) is 10.4 Å². The molecule has 1 atom stereocenters. The Labute approximate surface area is 193 Å². The molecule has 180 valence electrons. The van der Waals surface area contributed by atoms with Crippen LogP contribution in [0.3, 0.4) is 0 Å². The molecular formula is C21H28N4O6S2. The number of sulfonamides is 1. The van der Waals surface area contributed by atoms with Crippen molar-refractivity contribution >= 4 is 31.6 Å². The van der Waals surface area contributed by atoms with Crippen molar-refractivity contribution in [2.75, 3.05) is 43.1 Å². The highest BCUT2D eigenvalue weighted by atomic mass is 32.2. The van der Waals surface area contributed by atoms with Crippen molar-refractivity contribution in [2.45, 2.75) is 37.6 Å². The third-order valence-electron chi connectivity index (χ3n) is 5.95. The average Bonchev–Trinajstić information content (AvgIpc) is 3.34. The number of nitrogens with zero attached hydrogens (tertiary/aromatic N) is 3. The van der Waals surface area contributed by atoms with E-state index < -0.39 is 25.8 Å². The van der Waals surface area contributed by atoms with Crippen molar-refractivity contribution in [3.05, 3.63) is 41.1 Å². The van der Waals surface area contributed by atoms with Crippen LogP contribution < -0.4 is 5.32 Å². The zero-order valence-corrected chi connectivity index (χ0v) is 20.3. The van der Waals surface area contributed by atoms with Crippen LogP contribution in [0.1, 0.15) is 41.0 Å². The van der Waals surface area contributed by atoms with Crippen molar-refractivity contribution in [2.24, 2.45) is 0 Å². The minimum atomic E-state index is -3.77. The van der Waals surface area contributed by atoms with Gasteiger partial charge in [0.05, 0.1) is 41.4 Å². The van der Waals surface area contributed by atoms with Crippen LogP contribution in [0.5, 0.6) is 0 Å². The van der Waals surface area contributed by atoms with E-state index in [4.69, 9.17) is 4.74 Å². The number of nitrogens with one attached hydrogen (secondary N) is 1. The van der Waals surface area contributed by atoms with E-state index >= 15 is 0 Å². The number of sulfone groups is 1. The number of carbonyl (C=O) groups excluding carboxylic acids is 1. The highest BCUT2D eigenvalue weighted by Crippen LogP contribution is 2.28. The first-order valence-corrected chi connectivity index (χ1v) is 14.2. The number of hydrogen-bond acceptors (Lipinski definition) is 7. The summed E-state index contributed by atoms with van der Waals surface area (Å²) in [5, 5.41) is 7.16. The Kier molecular flexibility index (Phi) is 6.63. The quantitative estimate of drug-likeness (QED) is 0.640. The Balaban J connectivity index is 1.62. The van der Waals surface area contributed by atoms with Crippen molar-refractivity contribution in [1.82, 2.24) is 14.1 Å². The fourth-order valence-corrected chi connectivity index (χ4v) is 7.62. The van der Waals surface area contributed by atoms with Crippen molar-refractivity contribution in [3.63, 3.8) is 0 Å². The van der Waals surface area contributed by atoms with E-state index in [1.807, 2.05) is 6.92 Å². The SMILES string of the molecule is CCc1ccc(C(=O)Nc2cc(C)nn2C2CCS(=O)(=O)C2)cc1S(=O)(=O)N1CCOCC1. The van der Waals surface area contributed by atoms with Gasteiger partial charge in [-0.2, -0.15) is 9.40 Å². The molecule has 12 heteroatoms. The molecule has 0 saturated carbocycles. The molecule has 1 amide bonds. The lowest BCUT2D eigenvalue weighted by Gasteiger charge is -2.27. The first-order chi connectivity index (χ1) is 15.6. The maximum Gasteiger partial charge on any atom is 0.256 e. The van der Waals surface area contributed by atoms with E-state index in [1.165, 1.54) is 10.4 Å². The maximum atomic E-state index is 13.3. The molecule has 0 spiro atoms. The Bertz CT molecular complexity index is 1260. The molecule has 1 aromatic heterocycles. The number of amides is 1. The Morgan fingerprint density at radius 1 is 1.24 bits per heavy atom. The molecule has 4 rings (SSSR count). The zero-order chi connectivity index (χ0) is 23.8. The summed E-state index contributed by atoms with van der Waals surface area (Å²) >= 11 is 0. The van der Waals surface area contributed by atoms with Gasteiger partial charge in [0.15, 0.2) is 9.84 Å². The van der Waals surface area contributed by atoms with Gasteiger partial charge >= 0.3 is 0 Å². The number of morpholine rings is 1. The Morgan fingerprint density at radius 2 is 1.97 bits per heavy atom. The zero-order valence-electron chi connectivity index (χ0n) is 18.7. The van der Waals surface area contributed by atoms with Crippen LogP contribution in [-0.2, 0) is 31.0 Å². The number of ether oxygens (including phenoxy) is 1. The highest BCUT2D eigenvalue weighted by Gasteiger charge is 2.32. The van der Waals surface area contributed by atoms with Gasteiger partial charge in [0.1, 0.15) is 5.82 Å². The fraction of sp³-hybridized carbons (Fsp3) is 0.524. The summed E-state index contributed by atoms with van der Waals surface area (Å²) in [6.45, 7) is 4.83. The molecule has 0 radical (unpaired) electrons. The topological polar surface area (TPSA) is 128 Å². The van der Waals surface area contributed by atoms with Crippen LogP contribution in [0.4, 0.5) is 5.82 Å². The lowest BCUT2D eigenvalue weighted by Crippen LogP contribution is -2.41. The molecule has 3 heterocycles. The molecule has 2 fully saturated rings. The molecule has 2 aliphatic rings. The third-order valence-corrected chi connectivity index (χ3v) is 9.68. The van der Waals surface area contributed by atoms with Gasteiger partial charge in [0, 0.05) is 24.7 Å². The van der Waals surface area contributed by atoms with E-state index in [9.17, 15) is 21.6 Å². The molecule has 0 bridgehead atoms. The average molecular weight is 497 g/mol. The first kappa shape index (κ1) is 23.9. The minimum absolute atomic E-state index is 0.0237. The minimum Gasteiger partial charge on any atom is -0.379 e. The second-order valence-electron chi connectivity index (χ2n) is 8.32. The molecule has 33 heavy (non-hydrogen) atoms. The summed E-state index contributed by atoms with van der Waals surface area (Å²) in [5.74, 6) is -0.0372. The van der Waals surface area contributed by atoms with Crippen LogP contribution in [0, 0.1) is 6.92 Å². The van der Waals surface area contributed by atoms with Crippen LogP contribution in [-0.4, -0.2) is 74.6 Å². The van der Waals surface area contributed by atoms with E-state index in [-0.39, 0.29) is 41.1 Å². The van der Waals surface area contributed by atoms with Gasteiger partial charge in [-0.25, -0.2) is 21.5 Å². The van der Waals surface area contributed by atoms with Gasteiger partial charge in [0.2, 0.25) is 10.0 Å². The fourth-order valence-electron chi connectivity index (χ4n) is 4.20. The van der Waals surface area contributed by atoms with E-state index in [0.717, 1.165) is 0 Å². The Hall–Kier alpha value is -2.28. The predicted octanol–water partition coefficient (Wildman–Crippen LogP) is 1.39. The number of benzene rings is 1. The largest absolute Gasteiger partial charge is 0.379 e. The lowest BCUT2D eigenvalue weighted by atomic mass is 10.1. The monoisotopic (exact) mass is 496 g/mol.